The van der Waals surface area contributed by atoms with Gasteiger partial charge in [0, 0.05) is 43.5 Å². The molecule has 122 valence electrons. The predicted molar refractivity (Wildman–Crippen MR) is 87.5 cm³/mol. The molecular formula is C16H25N3O2S. The van der Waals surface area contributed by atoms with E-state index in [1.165, 1.54) is 0 Å². The zero-order chi connectivity index (χ0) is 15.7. The normalized spacial score (nSPS) is 26.8. The van der Waals surface area contributed by atoms with E-state index >= 15 is 0 Å². The molecule has 2 aliphatic rings. The molecule has 0 aliphatic carbocycles. The highest BCUT2D eigenvalue weighted by Gasteiger charge is 2.37. The number of morpholine rings is 1. The number of carbonyl (C=O) groups is 1. The second-order valence-corrected chi connectivity index (χ2v) is 7.52. The highest BCUT2D eigenvalue weighted by molar-refractivity contribution is 7.09. The number of ether oxygens (including phenoxy) is 1. The molecule has 0 aromatic carbocycles. The number of thiazole rings is 1. The Bertz CT molecular complexity index is 525. The Balaban J connectivity index is 1.66. The van der Waals surface area contributed by atoms with E-state index in [1.54, 1.807) is 11.3 Å². The molecule has 5 nitrogen and oxygen atoms in total. The largest absolute Gasteiger partial charge is 0.379 e. The zero-order valence-electron chi connectivity index (χ0n) is 13.6. The first kappa shape index (κ1) is 15.9. The van der Waals surface area contributed by atoms with Crippen molar-refractivity contribution in [3.05, 3.63) is 16.1 Å². The van der Waals surface area contributed by atoms with Crippen LogP contribution in [0.5, 0.6) is 0 Å². The summed E-state index contributed by atoms with van der Waals surface area (Å²) < 4.78 is 5.43. The number of likely N-dealkylation sites (tertiary alicyclic amines) is 1. The molecule has 2 fully saturated rings. The Morgan fingerprint density at radius 3 is 2.73 bits per heavy atom. The van der Waals surface area contributed by atoms with Gasteiger partial charge >= 0.3 is 0 Å². The van der Waals surface area contributed by atoms with Gasteiger partial charge in [-0.05, 0) is 5.92 Å². The van der Waals surface area contributed by atoms with Crippen LogP contribution in [0.15, 0.2) is 5.38 Å². The first-order chi connectivity index (χ1) is 10.6. The van der Waals surface area contributed by atoms with Gasteiger partial charge in [0.05, 0.1) is 18.2 Å². The van der Waals surface area contributed by atoms with Crippen molar-refractivity contribution in [1.82, 2.24) is 14.8 Å². The maximum Gasteiger partial charge on any atom is 0.273 e. The summed E-state index contributed by atoms with van der Waals surface area (Å²) in [6.45, 7) is 11.7. The molecule has 0 spiro atoms. The molecule has 1 aromatic heterocycles. The van der Waals surface area contributed by atoms with Crippen molar-refractivity contribution in [2.45, 2.75) is 32.7 Å². The lowest BCUT2D eigenvalue weighted by molar-refractivity contribution is 0.0119. The highest BCUT2D eigenvalue weighted by Crippen LogP contribution is 2.25. The van der Waals surface area contributed by atoms with E-state index in [9.17, 15) is 4.79 Å². The third-order valence-corrected chi connectivity index (χ3v) is 5.75. The number of hydrogen-bond acceptors (Lipinski definition) is 5. The smallest absolute Gasteiger partial charge is 0.273 e. The molecule has 0 unspecified atom stereocenters. The van der Waals surface area contributed by atoms with Gasteiger partial charge in [-0.25, -0.2) is 4.98 Å². The molecule has 1 aromatic rings. The van der Waals surface area contributed by atoms with Gasteiger partial charge in [0.25, 0.3) is 5.91 Å². The van der Waals surface area contributed by atoms with Crippen LogP contribution in [0.25, 0.3) is 0 Å². The van der Waals surface area contributed by atoms with Gasteiger partial charge in [0.1, 0.15) is 5.69 Å². The first-order valence-corrected chi connectivity index (χ1v) is 9.00. The monoisotopic (exact) mass is 323 g/mol. The van der Waals surface area contributed by atoms with E-state index < -0.39 is 0 Å². The van der Waals surface area contributed by atoms with Gasteiger partial charge in [-0.1, -0.05) is 20.8 Å². The summed E-state index contributed by atoms with van der Waals surface area (Å²) in [6.07, 6.45) is 0. The van der Waals surface area contributed by atoms with Crippen molar-refractivity contribution in [2.75, 3.05) is 39.4 Å². The van der Waals surface area contributed by atoms with E-state index in [0.717, 1.165) is 44.4 Å². The minimum Gasteiger partial charge on any atom is -0.379 e. The number of hydrogen-bond donors (Lipinski definition) is 0. The lowest BCUT2D eigenvalue weighted by atomic mass is 10.0. The van der Waals surface area contributed by atoms with Crippen molar-refractivity contribution < 1.29 is 9.53 Å². The number of amides is 1. The molecule has 3 rings (SSSR count). The molecule has 2 atom stereocenters. The maximum atomic E-state index is 12.7. The molecule has 0 bridgehead atoms. The number of aromatic nitrogens is 1. The Hall–Kier alpha value is -0.980. The number of rotatable bonds is 3. The van der Waals surface area contributed by atoms with Crippen LogP contribution in [0.2, 0.25) is 0 Å². The van der Waals surface area contributed by atoms with E-state index in [2.05, 4.69) is 30.7 Å². The average Bonchev–Trinajstić information content (AvgIpc) is 3.14. The summed E-state index contributed by atoms with van der Waals surface area (Å²) in [4.78, 5) is 21.6. The van der Waals surface area contributed by atoms with Crippen molar-refractivity contribution in [1.29, 1.82) is 0 Å². The van der Waals surface area contributed by atoms with Crippen molar-refractivity contribution in [3.63, 3.8) is 0 Å². The Morgan fingerprint density at radius 2 is 2.09 bits per heavy atom. The Kier molecular flexibility index (Phi) is 4.80. The van der Waals surface area contributed by atoms with Gasteiger partial charge in [0.15, 0.2) is 0 Å². The van der Waals surface area contributed by atoms with Crippen LogP contribution in [0.4, 0.5) is 0 Å². The maximum absolute atomic E-state index is 12.7. The predicted octanol–water partition coefficient (Wildman–Crippen LogP) is 2.06. The topological polar surface area (TPSA) is 45.7 Å². The van der Waals surface area contributed by atoms with Crippen LogP contribution >= 0.6 is 11.3 Å². The van der Waals surface area contributed by atoms with Gasteiger partial charge in [-0.3, -0.25) is 9.69 Å². The third-order valence-electron chi connectivity index (χ3n) is 4.61. The number of nitrogens with zero attached hydrogens (tertiary/aromatic N) is 3. The molecule has 22 heavy (non-hydrogen) atoms. The van der Waals surface area contributed by atoms with E-state index in [4.69, 9.17) is 4.74 Å². The Labute approximate surface area is 136 Å². The van der Waals surface area contributed by atoms with E-state index in [1.807, 2.05) is 10.3 Å². The average molecular weight is 323 g/mol. The van der Waals surface area contributed by atoms with Crippen molar-refractivity contribution >= 4 is 17.2 Å². The van der Waals surface area contributed by atoms with E-state index in [0.29, 0.717) is 23.6 Å². The van der Waals surface area contributed by atoms with E-state index in [-0.39, 0.29) is 5.91 Å². The van der Waals surface area contributed by atoms with Crippen LogP contribution in [-0.4, -0.2) is 66.1 Å². The summed E-state index contributed by atoms with van der Waals surface area (Å²) in [5.41, 5.74) is 0.614. The molecule has 2 aliphatic heterocycles. The van der Waals surface area contributed by atoms with Gasteiger partial charge < -0.3 is 9.64 Å². The molecule has 0 N–H and O–H groups in total. The number of carbonyl (C=O) groups excluding carboxylic acids is 1. The molecular weight excluding hydrogens is 298 g/mol. The SMILES string of the molecule is CC(C)c1nc(C(=O)N2C[C@H](C)[C@@H](N3CCOCC3)C2)cs1. The van der Waals surface area contributed by atoms with Crippen LogP contribution in [0, 0.1) is 5.92 Å². The van der Waals surface area contributed by atoms with Gasteiger partial charge in [-0.15, -0.1) is 11.3 Å². The summed E-state index contributed by atoms with van der Waals surface area (Å²) >= 11 is 1.59. The zero-order valence-corrected chi connectivity index (χ0v) is 14.4. The fraction of sp³-hybridized carbons (Fsp3) is 0.750. The fourth-order valence-corrected chi connectivity index (χ4v) is 4.12. The van der Waals surface area contributed by atoms with Crippen molar-refractivity contribution in [3.8, 4) is 0 Å². The highest BCUT2D eigenvalue weighted by atomic mass is 32.1. The van der Waals surface area contributed by atoms with Gasteiger partial charge in [0.2, 0.25) is 0 Å². The van der Waals surface area contributed by atoms with Crippen molar-refractivity contribution in [2.24, 2.45) is 5.92 Å². The minimum absolute atomic E-state index is 0.0887. The molecule has 0 radical (unpaired) electrons. The Morgan fingerprint density at radius 1 is 1.36 bits per heavy atom. The summed E-state index contributed by atoms with van der Waals surface area (Å²) in [6, 6.07) is 0.455. The summed E-state index contributed by atoms with van der Waals surface area (Å²) in [5.74, 6) is 0.973. The standard InChI is InChI=1S/C16H25N3O2S/c1-11(2)15-17-13(10-22-15)16(20)19-8-12(3)14(9-19)18-4-6-21-7-5-18/h10-12,14H,4-9H2,1-3H3/t12-,14-/m0/s1. The molecule has 3 heterocycles. The summed E-state index contributed by atoms with van der Waals surface area (Å²) in [5, 5.41) is 2.95. The molecule has 0 saturated carbocycles. The van der Waals surface area contributed by atoms with Crippen LogP contribution < -0.4 is 0 Å². The fourth-order valence-electron chi connectivity index (χ4n) is 3.31. The second kappa shape index (κ2) is 6.64. The lowest BCUT2D eigenvalue weighted by Gasteiger charge is -2.33. The second-order valence-electron chi connectivity index (χ2n) is 6.63. The quantitative estimate of drug-likeness (QED) is 0.854. The van der Waals surface area contributed by atoms with Crippen LogP contribution in [0.1, 0.15) is 42.2 Å². The molecule has 2 saturated heterocycles. The third kappa shape index (κ3) is 3.19. The van der Waals surface area contributed by atoms with Crippen LogP contribution in [0.3, 0.4) is 0 Å². The van der Waals surface area contributed by atoms with Crippen LogP contribution in [-0.2, 0) is 4.74 Å². The first-order valence-electron chi connectivity index (χ1n) is 8.12. The lowest BCUT2D eigenvalue weighted by Crippen LogP contribution is -2.47. The minimum atomic E-state index is 0.0887. The summed E-state index contributed by atoms with van der Waals surface area (Å²) in [7, 11) is 0. The molecule has 1 amide bonds. The molecule has 6 heteroatoms. The van der Waals surface area contributed by atoms with Gasteiger partial charge in [-0.2, -0.15) is 0 Å².